The van der Waals surface area contributed by atoms with Gasteiger partial charge in [0.25, 0.3) is 5.56 Å². The zero-order chi connectivity index (χ0) is 26.6. The van der Waals surface area contributed by atoms with E-state index in [0.29, 0.717) is 5.56 Å². The fourth-order valence-electron chi connectivity index (χ4n) is 5.91. The normalized spacial score (nSPS) is 28.1. The third-order valence-corrected chi connectivity index (χ3v) is 18.1. The van der Waals surface area contributed by atoms with E-state index in [9.17, 15) is 14.4 Å². The van der Waals surface area contributed by atoms with E-state index in [1.807, 2.05) is 6.92 Å². The average Bonchev–Trinajstić information content (AvgIpc) is 2.89. The summed E-state index contributed by atoms with van der Waals surface area (Å²) in [4.78, 5) is 42.3. The van der Waals surface area contributed by atoms with Crippen LogP contribution in [0.2, 0.25) is 22.2 Å². The van der Waals surface area contributed by atoms with Gasteiger partial charge in [-0.1, -0.05) is 55.4 Å². The summed E-state index contributed by atoms with van der Waals surface area (Å²) in [6.07, 6.45) is -0.311. The van der Waals surface area contributed by atoms with Crippen LogP contribution in [0.25, 0.3) is 0 Å². The molecule has 4 atom stereocenters. The number of H-pyrrole nitrogens is 1. The van der Waals surface area contributed by atoms with Gasteiger partial charge in [0.05, 0.1) is 12.1 Å². The Morgan fingerprint density at radius 3 is 1.80 bits per heavy atom. The predicted octanol–water partition coefficient (Wildman–Crippen LogP) is 3.92. The number of fused-ring (bicyclic) bond motifs is 1. The van der Waals surface area contributed by atoms with Crippen LogP contribution < -0.4 is 11.2 Å². The molecule has 0 aromatic carbocycles. The summed E-state index contributed by atoms with van der Waals surface area (Å²) in [5, 5.41) is 0. The van der Waals surface area contributed by atoms with Crippen LogP contribution >= 0.6 is 0 Å². The number of nitrogens with one attached hydrogen (secondary N) is 1. The minimum Gasteiger partial charge on any atom is -0.414 e. The number of aryl methyl sites for hydroxylation is 1. The van der Waals surface area contributed by atoms with E-state index in [1.54, 1.807) is 11.8 Å². The fourth-order valence-corrected chi connectivity index (χ4v) is 17.3. The van der Waals surface area contributed by atoms with E-state index >= 15 is 0 Å². The Morgan fingerprint density at radius 2 is 1.37 bits per heavy atom. The molecule has 9 nitrogen and oxygen atoms in total. The topological polar surface area (TPSA) is 103 Å². The summed E-state index contributed by atoms with van der Waals surface area (Å²) in [5.41, 5.74) is -0.0798. The SMILES string of the molecule is CC(=O)N1[C@H](C)[C@H]2O[Si](C(C)C)(C(C)C)O[Si](C(C)C)(C(C)C)O[C@H]2[C@@H]1n1cc(C)c(=O)[nH]c1=O. The highest BCUT2D eigenvalue weighted by atomic mass is 28.5. The maximum Gasteiger partial charge on any atom is 0.335 e. The molecule has 0 saturated carbocycles. The van der Waals surface area contributed by atoms with Crippen molar-refractivity contribution in [2.45, 2.75) is 123 Å². The first-order valence-electron chi connectivity index (χ1n) is 12.8. The van der Waals surface area contributed by atoms with E-state index < -0.39 is 46.7 Å². The standard InChI is InChI=1S/C24H43N3O6Si2/c1-13(2)34(14(3)4)31-20-18(10)27(19(11)28)23(26-12-17(9)22(29)25-24(26)30)21(20)32-35(33-34,15(5)6)16(7)8/h12-16,18,20-21,23H,1-11H3,(H,25,29,30)/t18-,20-,21-,23-/m1/s1. The molecule has 0 unspecified atom stereocenters. The number of hydrogen-bond donors (Lipinski definition) is 1. The molecule has 0 spiro atoms. The van der Waals surface area contributed by atoms with Crippen LogP contribution in [0.5, 0.6) is 0 Å². The Morgan fingerprint density at radius 1 is 0.914 bits per heavy atom. The molecule has 3 rings (SSSR count). The fraction of sp³-hybridized carbons (Fsp3) is 0.792. The number of amides is 1. The number of rotatable bonds is 5. The van der Waals surface area contributed by atoms with Gasteiger partial charge in [-0.05, 0) is 36.0 Å². The Kier molecular flexibility index (Phi) is 7.80. The van der Waals surface area contributed by atoms with Gasteiger partial charge in [0.15, 0.2) is 0 Å². The van der Waals surface area contributed by atoms with Crippen LogP contribution in [0, 0.1) is 6.92 Å². The first kappa shape index (κ1) is 28.0. The highest BCUT2D eigenvalue weighted by Gasteiger charge is 2.65. The molecule has 35 heavy (non-hydrogen) atoms. The van der Waals surface area contributed by atoms with Gasteiger partial charge in [-0.3, -0.25) is 19.1 Å². The highest BCUT2D eigenvalue weighted by Crippen LogP contribution is 2.51. The van der Waals surface area contributed by atoms with Gasteiger partial charge in [0, 0.05) is 18.7 Å². The average molecular weight is 526 g/mol. The number of aromatic nitrogens is 2. The first-order valence-corrected chi connectivity index (χ1v) is 16.7. The van der Waals surface area contributed by atoms with Crippen LogP contribution in [0.1, 0.15) is 81.0 Å². The van der Waals surface area contributed by atoms with E-state index in [4.69, 9.17) is 13.0 Å². The second-order valence-corrected chi connectivity index (χ2v) is 20.2. The Bertz CT molecular complexity index is 1050. The Hall–Kier alpha value is -1.54. The van der Waals surface area contributed by atoms with Crippen molar-refractivity contribution >= 4 is 23.0 Å². The lowest BCUT2D eigenvalue weighted by molar-refractivity contribution is -0.134. The molecule has 198 valence electrons. The number of carbonyl (C=O) groups excluding carboxylic acids is 1. The summed E-state index contributed by atoms with van der Waals surface area (Å²) in [6.45, 7) is 22.3. The van der Waals surface area contributed by atoms with Crippen LogP contribution in [-0.4, -0.2) is 55.7 Å². The lowest BCUT2D eigenvalue weighted by atomic mass is 10.1. The molecule has 2 aliphatic rings. The third kappa shape index (κ3) is 4.43. The molecular formula is C24H43N3O6Si2. The van der Waals surface area contributed by atoms with E-state index in [-0.39, 0.29) is 34.1 Å². The number of hydrogen-bond acceptors (Lipinski definition) is 6. The van der Waals surface area contributed by atoms with Gasteiger partial charge < -0.3 is 17.9 Å². The lowest BCUT2D eigenvalue weighted by Crippen LogP contribution is -2.60. The summed E-state index contributed by atoms with van der Waals surface area (Å²) in [6, 6.07) is -0.348. The predicted molar refractivity (Wildman–Crippen MR) is 140 cm³/mol. The van der Waals surface area contributed by atoms with Gasteiger partial charge >= 0.3 is 22.8 Å². The Balaban J connectivity index is 2.34. The van der Waals surface area contributed by atoms with Crippen molar-refractivity contribution in [3.8, 4) is 0 Å². The molecule has 1 amide bonds. The minimum atomic E-state index is -2.93. The van der Waals surface area contributed by atoms with Crippen LogP contribution in [0.3, 0.4) is 0 Å². The van der Waals surface area contributed by atoms with Crippen molar-refractivity contribution in [1.82, 2.24) is 14.5 Å². The van der Waals surface area contributed by atoms with E-state index in [0.717, 1.165) is 0 Å². The van der Waals surface area contributed by atoms with Crippen molar-refractivity contribution in [2.24, 2.45) is 0 Å². The zero-order valence-electron chi connectivity index (χ0n) is 23.0. The van der Waals surface area contributed by atoms with Gasteiger partial charge in [0.2, 0.25) is 5.91 Å². The van der Waals surface area contributed by atoms with Gasteiger partial charge in [-0.2, -0.15) is 0 Å². The zero-order valence-corrected chi connectivity index (χ0v) is 25.0. The molecule has 11 heteroatoms. The maximum atomic E-state index is 13.0. The molecule has 0 aliphatic carbocycles. The number of likely N-dealkylation sites (tertiary alicyclic amines) is 1. The summed E-state index contributed by atoms with van der Waals surface area (Å²) in [7, 11) is -5.78. The van der Waals surface area contributed by atoms with Gasteiger partial charge in [-0.25, -0.2) is 4.79 Å². The van der Waals surface area contributed by atoms with E-state index in [2.05, 4.69) is 60.4 Å². The van der Waals surface area contributed by atoms with Crippen molar-refractivity contribution in [3.05, 3.63) is 32.6 Å². The third-order valence-electron chi connectivity index (χ3n) is 7.79. The highest BCUT2D eigenvalue weighted by molar-refractivity contribution is 6.84. The summed E-state index contributed by atoms with van der Waals surface area (Å²) in [5.74, 6) is -0.179. The molecule has 2 saturated heterocycles. The van der Waals surface area contributed by atoms with Crippen molar-refractivity contribution in [3.63, 3.8) is 0 Å². The second-order valence-electron chi connectivity index (χ2n) is 11.4. The molecule has 1 aromatic rings. The molecule has 2 fully saturated rings. The van der Waals surface area contributed by atoms with Crippen LogP contribution in [0.15, 0.2) is 15.8 Å². The molecule has 2 aliphatic heterocycles. The molecule has 1 aromatic heterocycles. The Labute approximate surface area is 210 Å². The van der Waals surface area contributed by atoms with E-state index in [1.165, 1.54) is 17.7 Å². The second kappa shape index (κ2) is 9.73. The number of nitrogens with zero attached hydrogens (tertiary/aromatic N) is 2. The molecule has 1 N–H and O–H groups in total. The molecule has 3 heterocycles. The monoisotopic (exact) mass is 525 g/mol. The minimum absolute atomic E-state index is 0.116. The van der Waals surface area contributed by atoms with Crippen molar-refractivity contribution in [2.75, 3.05) is 0 Å². The molecule has 0 bridgehead atoms. The quantitative estimate of drug-likeness (QED) is 0.585. The maximum absolute atomic E-state index is 13.0. The number of aromatic amines is 1. The molecular weight excluding hydrogens is 482 g/mol. The van der Waals surface area contributed by atoms with Gasteiger partial charge in [0.1, 0.15) is 12.3 Å². The molecule has 0 radical (unpaired) electrons. The smallest absolute Gasteiger partial charge is 0.335 e. The van der Waals surface area contributed by atoms with Gasteiger partial charge in [-0.15, -0.1) is 0 Å². The van der Waals surface area contributed by atoms with Crippen LogP contribution in [-0.2, 0) is 17.8 Å². The summed E-state index contributed by atoms with van der Waals surface area (Å²) < 4.78 is 22.9. The van der Waals surface area contributed by atoms with Crippen molar-refractivity contribution < 1.29 is 17.8 Å². The lowest BCUT2D eigenvalue weighted by Gasteiger charge is -2.47. The summed E-state index contributed by atoms with van der Waals surface area (Å²) >= 11 is 0. The largest absolute Gasteiger partial charge is 0.414 e. The number of carbonyl (C=O) groups is 1. The van der Waals surface area contributed by atoms with Crippen molar-refractivity contribution in [1.29, 1.82) is 0 Å². The first-order chi connectivity index (χ1) is 16.1. The van der Waals surface area contributed by atoms with Crippen LogP contribution in [0.4, 0.5) is 0 Å².